The molecule has 16 heavy (non-hydrogen) atoms. The molecule has 1 saturated carbocycles. The number of methoxy groups -OCH3 is 1. The Kier molecular flexibility index (Phi) is 4.46. The van der Waals surface area contributed by atoms with Crippen LogP contribution in [0.5, 0.6) is 5.75 Å². The Morgan fingerprint density at radius 3 is 2.81 bits per heavy atom. The Balaban J connectivity index is 1.92. The van der Waals surface area contributed by atoms with Gasteiger partial charge in [-0.3, -0.25) is 0 Å². The van der Waals surface area contributed by atoms with E-state index in [4.69, 9.17) is 9.47 Å². The van der Waals surface area contributed by atoms with E-state index < -0.39 is 0 Å². The van der Waals surface area contributed by atoms with Gasteiger partial charge in [0.05, 0.1) is 9.67 Å². The Bertz CT molecular complexity index is 348. The topological polar surface area (TPSA) is 18.5 Å². The number of aryl methyl sites for hydroxylation is 1. The van der Waals surface area contributed by atoms with Crippen LogP contribution in [0.15, 0.2) is 18.2 Å². The molecule has 0 radical (unpaired) electrons. The second-order valence-corrected chi connectivity index (χ2v) is 5.34. The minimum atomic E-state index is 0.479. The molecule has 0 N–H and O–H groups in total. The summed E-state index contributed by atoms with van der Waals surface area (Å²) in [5.41, 5.74) is 1.37. The highest BCUT2D eigenvalue weighted by Gasteiger charge is 2.24. The minimum absolute atomic E-state index is 0.479. The Labute approximate surface area is 110 Å². The first-order chi connectivity index (χ1) is 7.79. The predicted molar refractivity (Wildman–Crippen MR) is 73.0 cm³/mol. The van der Waals surface area contributed by atoms with Gasteiger partial charge in [-0.1, -0.05) is 6.07 Å². The van der Waals surface area contributed by atoms with Crippen molar-refractivity contribution in [2.75, 3.05) is 13.7 Å². The van der Waals surface area contributed by atoms with Crippen molar-refractivity contribution >= 4 is 22.6 Å². The van der Waals surface area contributed by atoms with Crippen molar-refractivity contribution < 1.29 is 9.47 Å². The number of rotatable bonds is 6. The van der Waals surface area contributed by atoms with Crippen molar-refractivity contribution in [3.63, 3.8) is 0 Å². The average Bonchev–Trinajstić information content (AvgIpc) is 3.06. The Morgan fingerprint density at radius 1 is 1.38 bits per heavy atom. The molecule has 88 valence electrons. The van der Waals surface area contributed by atoms with Crippen LogP contribution in [-0.2, 0) is 11.2 Å². The number of ether oxygens (including phenoxy) is 2. The summed E-state index contributed by atoms with van der Waals surface area (Å²) < 4.78 is 12.1. The maximum Gasteiger partial charge on any atom is 0.133 e. The van der Waals surface area contributed by atoms with Crippen LogP contribution in [0.4, 0.5) is 0 Å². The van der Waals surface area contributed by atoms with Gasteiger partial charge in [0, 0.05) is 13.7 Å². The largest absolute Gasteiger partial charge is 0.489 e. The highest BCUT2D eigenvalue weighted by Crippen LogP contribution is 2.30. The zero-order valence-electron chi connectivity index (χ0n) is 9.54. The molecule has 0 spiro atoms. The Hall–Kier alpha value is -0.290. The highest BCUT2D eigenvalue weighted by molar-refractivity contribution is 14.1. The molecule has 0 aliphatic heterocycles. The van der Waals surface area contributed by atoms with Crippen molar-refractivity contribution in [2.24, 2.45) is 0 Å². The fraction of sp³-hybridized carbons (Fsp3) is 0.538. The maximum absolute atomic E-state index is 5.80. The molecule has 0 heterocycles. The summed E-state index contributed by atoms with van der Waals surface area (Å²) in [6.45, 7) is 0.830. The summed E-state index contributed by atoms with van der Waals surface area (Å²) >= 11 is 2.35. The predicted octanol–water partition coefficient (Wildman–Crippen LogP) is 3.41. The molecule has 2 nitrogen and oxygen atoms in total. The summed E-state index contributed by atoms with van der Waals surface area (Å²) in [7, 11) is 1.75. The van der Waals surface area contributed by atoms with Crippen LogP contribution >= 0.6 is 22.6 Å². The molecule has 0 saturated heterocycles. The highest BCUT2D eigenvalue weighted by atomic mass is 127. The van der Waals surface area contributed by atoms with E-state index in [0.717, 1.165) is 25.2 Å². The lowest BCUT2D eigenvalue weighted by Crippen LogP contribution is -1.99. The standard InChI is InChI=1S/C13H17IO2/c1-15-8-2-3-10-4-7-13(12(14)9-10)16-11-5-6-11/h4,7,9,11H,2-3,5-6,8H2,1H3. The molecule has 1 aromatic carbocycles. The lowest BCUT2D eigenvalue weighted by atomic mass is 10.1. The summed E-state index contributed by atoms with van der Waals surface area (Å²) in [5.74, 6) is 1.04. The van der Waals surface area contributed by atoms with Gasteiger partial charge in [0.2, 0.25) is 0 Å². The van der Waals surface area contributed by atoms with E-state index in [2.05, 4.69) is 40.8 Å². The minimum Gasteiger partial charge on any atom is -0.489 e. The van der Waals surface area contributed by atoms with Crippen molar-refractivity contribution in [1.29, 1.82) is 0 Å². The average molecular weight is 332 g/mol. The number of hydrogen-bond acceptors (Lipinski definition) is 2. The number of hydrogen-bond donors (Lipinski definition) is 0. The monoisotopic (exact) mass is 332 g/mol. The number of benzene rings is 1. The quantitative estimate of drug-likeness (QED) is 0.587. The fourth-order valence-electron chi connectivity index (χ4n) is 1.58. The molecular weight excluding hydrogens is 315 g/mol. The molecule has 3 heteroatoms. The van der Waals surface area contributed by atoms with Crippen LogP contribution in [0.3, 0.4) is 0 Å². The molecule has 1 aliphatic rings. The van der Waals surface area contributed by atoms with Crippen molar-refractivity contribution in [1.82, 2.24) is 0 Å². The van der Waals surface area contributed by atoms with Gasteiger partial charge in [-0.15, -0.1) is 0 Å². The molecule has 0 aromatic heterocycles. The van der Waals surface area contributed by atoms with Gasteiger partial charge in [-0.05, 0) is 66.0 Å². The van der Waals surface area contributed by atoms with E-state index >= 15 is 0 Å². The Morgan fingerprint density at radius 2 is 2.19 bits per heavy atom. The normalized spacial score (nSPS) is 15.1. The van der Waals surface area contributed by atoms with Crippen LogP contribution in [0, 0.1) is 3.57 Å². The third-order valence-electron chi connectivity index (χ3n) is 2.63. The van der Waals surface area contributed by atoms with Crippen molar-refractivity contribution in [2.45, 2.75) is 31.8 Å². The van der Waals surface area contributed by atoms with Crippen LogP contribution in [0.25, 0.3) is 0 Å². The van der Waals surface area contributed by atoms with Crippen LogP contribution < -0.4 is 4.74 Å². The first-order valence-corrected chi connectivity index (χ1v) is 6.81. The zero-order chi connectivity index (χ0) is 11.4. The van der Waals surface area contributed by atoms with E-state index in [1.54, 1.807) is 7.11 Å². The summed E-state index contributed by atoms with van der Waals surface area (Å²) in [5, 5.41) is 0. The van der Waals surface area contributed by atoms with E-state index in [0.29, 0.717) is 6.10 Å². The lowest BCUT2D eigenvalue weighted by Gasteiger charge is -2.08. The first-order valence-electron chi connectivity index (χ1n) is 5.73. The second kappa shape index (κ2) is 5.87. The smallest absolute Gasteiger partial charge is 0.133 e. The van der Waals surface area contributed by atoms with Gasteiger partial charge < -0.3 is 9.47 Å². The lowest BCUT2D eigenvalue weighted by molar-refractivity contribution is 0.195. The van der Waals surface area contributed by atoms with E-state index in [9.17, 15) is 0 Å². The van der Waals surface area contributed by atoms with Gasteiger partial charge in [-0.25, -0.2) is 0 Å². The molecule has 2 rings (SSSR count). The maximum atomic E-state index is 5.80. The third kappa shape index (κ3) is 3.63. The SMILES string of the molecule is COCCCc1ccc(OC2CC2)c(I)c1. The van der Waals surface area contributed by atoms with Crippen LogP contribution in [0.2, 0.25) is 0 Å². The third-order valence-corrected chi connectivity index (χ3v) is 3.47. The van der Waals surface area contributed by atoms with Crippen LogP contribution in [0.1, 0.15) is 24.8 Å². The van der Waals surface area contributed by atoms with Gasteiger partial charge in [0.1, 0.15) is 5.75 Å². The van der Waals surface area contributed by atoms with Crippen LogP contribution in [-0.4, -0.2) is 19.8 Å². The van der Waals surface area contributed by atoms with Gasteiger partial charge in [0.25, 0.3) is 0 Å². The van der Waals surface area contributed by atoms with E-state index in [1.807, 2.05) is 0 Å². The molecule has 1 aliphatic carbocycles. The van der Waals surface area contributed by atoms with E-state index in [1.165, 1.54) is 22.0 Å². The van der Waals surface area contributed by atoms with Crippen molar-refractivity contribution in [3.8, 4) is 5.75 Å². The summed E-state index contributed by atoms with van der Waals surface area (Å²) in [6, 6.07) is 6.48. The van der Waals surface area contributed by atoms with Gasteiger partial charge in [-0.2, -0.15) is 0 Å². The molecule has 0 atom stereocenters. The molecular formula is C13H17IO2. The summed E-state index contributed by atoms with van der Waals surface area (Å²) in [4.78, 5) is 0. The van der Waals surface area contributed by atoms with Gasteiger partial charge in [0.15, 0.2) is 0 Å². The fourth-order valence-corrected chi connectivity index (χ4v) is 2.29. The first kappa shape index (κ1) is 12.2. The number of halogens is 1. The molecule has 0 bridgehead atoms. The molecule has 1 aromatic rings. The second-order valence-electron chi connectivity index (χ2n) is 4.18. The zero-order valence-corrected chi connectivity index (χ0v) is 11.7. The van der Waals surface area contributed by atoms with Gasteiger partial charge >= 0.3 is 0 Å². The summed E-state index contributed by atoms with van der Waals surface area (Å²) in [6.07, 6.45) is 5.06. The molecule has 0 amide bonds. The molecule has 1 fully saturated rings. The molecule has 0 unspecified atom stereocenters. The van der Waals surface area contributed by atoms with Crippen molar-refractivity contribution in [3.05, 3.63) is 27.3 Å². The van der Waals surface area contributed by atoms with E-state index in [-0.39, 0.29) is 0 Å².